The average Bonchev–Trinajstić information content (AvgIpc) is 2.48. The third-order valence-electron chi connectivity index (χ3n) is 3.31. The average molecular weight is 328 g/mol. The first-order valence-corrected chi connectivity index (χ1v) is 7.12. The van der Waals surface area contributed by atoms with Crippen LogP contribution in [0, 0.1) is 5.82 Å². The van der Waals surface area contributed by atoms with Crippen molar-refractivity contribution in [3.05, 3.63) is 57.3 Å². The largest absolute Gasteiger partial charge is 0.486 e. The van der Waals surface area contributed by atoms with Crippen molar-refractivity contribution >= 4 is 23.2 Å². The minimum atomic E-state index is -0.743. The first-order valence-electron chi connectivity index (χ1n) is 6.36. The van der Waals surface area contributed by atoms with Crippen LogP contribution < -0.4 is 15.2 Å². The van der Waals surface area contributed by atoms with E-state index >= 15 is 0 Å². The van der Waals surface area contributed by atoms with Crippen molar-refractivity contribution in [3.63, 3.8) is 0 Å². The third-order valence-corrected chi connectivity index (χ3v) is 3.93. The molecule has 1 aliphatic rings. The number of rotatable bonds is 2. The summed E-state index contributed by atoms with van der Waals surface area (Å²) in [5, 5.41) is 0.419. The quantitative estimate of drug-likeness (QED) is 0.908. The summed E-state index contributed by atoms with van der Waals surface area (Å²) in [7, 11) is 0. The molecule has 1 heterocycles. The Labute approximate surface area is 131 Å². The van der Waals surface area contributed by atoms with Gasteiger partial charge in [-0.25, -0.2) is 4.39 Å². The van der Waals surface area contributed by atoms with E-state index in [2.05, 4.69) is 0 Å². The highest BCUT2D eigenvalue weighted by Gasteiger charge is 2.22. The van der Waals surface area contributed by atoms with Crippen molar-refractivity contribution in [1.82, 2.24) is 0 Å². The van der Waals surface area contributed by atoms with Gasteiger partial charge in [0.25, 0.3) is 0 Å². The van der Waals surface area contributed by atoms with Gasteiger partial charge in [0.15, 0.2) is 11.5 Å². The molecule has 0 aliphatic carbocycles. The Hall–Kier alpha value is -1.49. The van der Waals surface area contributed by atoms with E-state index < -0.39 is 11.9 Å². The molecule has 2 aromatic rings. The first-order chi connectivity index (χ1) is 10.1. The summed E-state index contributed by atoms with van der Waals surface area (Å²) < 4.78 is 25.0. The summed E-state index contributed by atoms with van der Waals surface area (Å²) >= 11 is 12.0. The smallest absolute Gasteiger partial charge is 0.162 e. The molecule has 0 saturated carbocycles. The first kappa shape index (κ1) is 14.4. The second-order valence-electron chi connectivity index (χ2n) is 4.64. The Kier molecular flexibility index (Phi) is 3.93. The van der Waals surface area contributed by atoms with E-state index in [9.17, 15) is 4.39 Å². The Morgan fingerprint density at radius 1 is 1.00 bits per heavy atom. The lowest BCUT2D eigenvalue weighted by Gasteiger charge is -2.22. The maximum absolute atomic E-state index is 14.1. The number of nitrogens with two attached hydrogens (primary N) is 1. The lowest BCUT2D eigenvalue weighted by molar-refractivity contribution is 0.171. The number of hydrogen-bond acceptors (Lipinski definition) is 3. The van der Waals surface area contributed by atoms with Gasteiger partial charge in [-0.1, -0.05) is 35.3 Å². The van der Waals surface area contributed by atoms with Crippen molar-refractivity contribution in [2.24, 2.45) is 5.73 Å². The van der Waals surface area contributed by atoms with E-state index in [-0.39, 0.29) is 10.6 Å². The van der Waals surface area contributed by atoms with Crippen LogP contribution in [0.15, 0.2) is 30.3 Å². The van der Waals surface area contributed by atoms with Gasteiger partial charge in [-0.05, 0) is 17.7 Å². The van der Waals surface area contributed by atoms with Crippen LogP contribution in [0.4, 0.5) is 4.39 Å². The molecule has 2 N–H and O–H groups in total. The Morgan fingerprint density at radius 2 is 1.67 bits per heavy atom. The fourth-order valence-corrected chi connectivity index (χ4v) is 2.70. The topological polar surface area (TPSA) is 44.5 Å². The van der Waals surface area contributed by atoms with Gasteiger partial charge in [0.1, 0.15) is 19.0 Å². The zero-order valence-corrected chi connectivity index (χ0v) is 12.4. The monoisotopic (exact) mass is 327 g/mol. The minimum Gasteiger partial charge on any atom is -0.486 e. The van der Waals surface area contributed by atoms with Crippen LogP contribution in [0.3, 0.4) is 0 Å². The van der Waals surface area contributed by atoms with Crippen molar-refractivity contribution < 1.29 is 13.9 Å². The van der Waals surface area contributed by atoms with Crippen molar-refractivity contribution in [3.8, 4) is 11.5 Å². The fourth-order valence-electron chi connectivity index (χ4n) is 2.25. The number of halogens is 3. The molecule has 3 nitrogen and oxygen atoms in total. The second-order valence-corrected chi connectivity index (χ2v) is 5.45. The third kappa shape index (κ3) is 2.67. The molecule has 1 aliphatic heterocycles. The summed E-state index contributed by atoms with van der Waals surface area (Å²) in [5.74, 6) is 0.574. The molecule has 0 saturated heterocycles. The predicted molar refractivity (Wildman–Crippen MR) is 79.9 cm³/mol. The molecular weight excluding hydrogens is 316 g/mol. The molecule has 0 aromatic heterocycles. The summed E-state index contributed by atoms with van der Waals surface area (Å²) in [6, 6.07) is 7.27. The molecule has 0 fully saturated rings. The van der Waals surface area contributed by atoms with Crippen LogP contribution in [-0.4, -0.2) is 13.2 Å². The summed E-state index contributed by atoms with van der Waals surface area (Å²) in [5.41, 5.74) is 6.98. The molecule has 0 bridgehead atoms. The van der Waals surface area contributed by atoms with Crippen LogP contribution in [0.25, 0.3) is 0 Å². The molecular formula is C15H12Cl2FNO2. The van der Waals surface area contributed by atoms with Gasteiger partial charge in [-0.3, -0.25) is 0 Å². The molecule has 6 heteroatoms. The van der Waals surface area contributed by atoms with Crippen molar-refractivity contribution in [2.75, 3.05) is 13.2 Å². The second kappa shape index (κ2) is 5.72. The van der Waals surface area contributed by atoms with Gasteiger partial charge < -0.3 is 15.2 Å². The summed E-state index contributed by atoms with van der Waals surface area (Å²) in [6.07, 6.45) is 0. The van der Waals surface area contributed by atoms with Crippen molar-refractivity contribution in [2.45, 2.75) is 6.04 Å². The Bertz CT molecular complexity index is 694. The van der Waals surface area contributed by atoms with Gasteiger partial charge in [0.2, 0.25) is 0 Å². The lowest BCUT2D eigenvalue weighted by atomic mass is 9.98. The van der Waals surface area contributed by atoms with E-state index in [1.54, 1.807) is 24.3 Å². The standard InChI is InChI=1S/C15H12Cl2FNO2/c16-10-3-1-2-8(14(10)18)15(19)9-6-12-13(7-11(9)17)21-5-4-20-12/h1-3,6-7,15H,4-5,19H2. The Balaban J connectivity index is 2.05. The molecule has 1 atom stereocenters. The van der Waals surface area contributed by atoms with E-state index in [1.165, 1.54) is 6.07 Å². The molecule has 21 heavy (non-hydrogen) atoms. The van der Waals surface area contributed by atoms with Crippen LogP contribution in [0.2, 0.25) is 10.0 Å². The van der Waals surface area contributed by atoms with Gasteiger partial charge in [0.05, 0.1) is 11.1 Å². The SMILES string of the molecule is NC(c1cc2c(cc1Cl)OCCO2)c1cccc(Cl)c1F. The van der Waals surface area contributed by atoms with Crippen LogP contribution >= 0.6 is 23.2 Å². The number of fused-ring (bicyclic) bond motifs is 1. The molecule has 2 aromatic carbocycles. The van der Waals surface area contributed by atoms with Crippen LogP contribution in [0.5, 0.6) is 11.5 Å². The number of hydrogen-bond donors (Lipinski definition) is 1. The molecule has 110 valence electrons. The highest BCUT2D eigenvalue weighted by molar-refractivity contribution is 6.32. The Morgan fingerprint density at radius 3 is 2.38 bits per heavy atom. The van der Waals surface area contributed by atoms with Crippen molar-refractivity contribution in [1.29, 1.82) is 0 Å². The molecule has 0 radical (unpaired) electrons. The number of ether oxygens (including phenoxy) is 2. The molecule has 0 spiro atoms. The normalized spacial score (nSPS) is 14.9. The predicted octanol–water partition coefficient (Wildman–Crippen LogP) is 3.95. The van der Waals surface area contributed by atoms with Crippen LogP contribution in [0.1, 0.15) is 17.2 Å². The van der Waals surface area contributed by atoms with E-state index in [0.29, 0.717) is 35.3 Å². The maximum atomic E-state index is 14.1. The minimum absolute atomic E-state index is 0.0246. The van der Waals surface area contributed by atoms with E-state index in [0.717, 1.165) is 0 Å². The number of benzene rings is 2. The van der Waals surface area contributed by atoms with Crippen LogP contribution in [-0.2, 0) is 0 Å². The fraction of sp³-hybridized carbons (Fsp3) is 0.200. The van der Waals surface area contributed by atoms with E-state index in [1.807, 2.05) is 0 Å². The molecule has 3 rings (SSSR count). The summed E-state index contributed by atoms with van der Waals surface area (Å²) in [4.78, 5) is 0. The maximum Gasteiger partial charge on any atom is 0.162 e. The molecule has 1 unspecified atom stereocenters. The van der Waals surface area contributed by atoms with Gasteiger partial charge in [-0.2, -0.15) is 0 Å². The highest BCUT2D eigenvalue weighted by atomic mass is 35.5. The van der Waals surface area contributed by atoms with Gasteiger partial charge in [0, 0.05) is 16.7 Å². The summed E-state index contributed by atoms with van der Waals surface area (Å²) in [6.45, 7) is 0.923. The highest BCUT2D eigenvalue weighted by Crippen LogP contribution is 2.39. The molecule has 0 amide bonds. The van der Waals surface area contributed by atoms with Gasteiger partial charge in [-0.15, -0.1) is 0 Å². The lowest BCUT2D eigenvalue weighted by Crippen LogP contribution is -2.18. The van der Waals surface area contributed by atoms with E-state index in [4.69, 9.17) is 38.4 Å². The zero-order chi connectivity index (χ0) is 15.0. The zero-order valence-electron chi connectivity index (χ0n) is 10.9. The van der Waals surface area contributed by atoms with Gasteiger partial charge >= 0.3 is 0 Å².